The number of ether oxygens (including phenoxy) is 1. The highest BCUT2D eigenvalue weighted by molar-refractivity contribution is 5.64. The third-order valence-corrected chi connectivity index (χ3v) is 4.79. The van der Waals surface area contributed by atoms with Crippen molar-refractivity contribution in [2.75, 3.05) is 46.3 Å². The number of hydrogen-bond acceptors (Lipinski definition) is 8. The van der Waals surface area contributed by atoms with Gasteiger partial charge in [0.05, 0.1) is 13.7 Å². The lowest BCUT2D eigenvalue weighted by Gasteiger charge is -2.21. The van der Waals surface area contributed by atoms with Crippen LogP contribution in [0.4, 0.5) is 5.95 Å². The van der Waals surface area contributed by atoms with Crippen LogP contribution in [0, 0.1) is 0 Å². The summed E-state index contributed by atoms with van der Waals surface area (Å²) in [6.07, 6.45) is 8.63. The van der Waals surface area contributed by atoms with Crippen LogP contribution in [-0.2, 0) is 4.79 Å². The number of methoxy groups -OCH3 is 1. The predicted octanol–water partition coefficient (Wildman–Crippen LogP) is 3.35. The molecule has 0 aliphatic heterocycles. The van der Waals surface area contributed by atoms with Gasteiger partial charge in [0.25, 0.3) is 5.95 Å². The molecule has 1 aliphatic carbocycles. The number of rotatable bonds is 10. The summed E-state index contributed by atoms with van der Waals surface area (Å²) in [6.45, 7) is 7.82. The minimum Gasteiger partial charge on any atom is -0.481 e. The Balaban J connectivity index is 0.00000176. The van der Waals surface area contributed by atoms with Crippen LogP contribution in [0.15, 0.2) is 36.1 Å². The Morgan fingerprint density at radius 3 is 2.53 bits per heavy atom. The van der Waals surface area contributed by atoms with Gasteiger partial charge < -0.3 is 14.4 Å². The van der Waals surface area contributed by atoms with E-state index in [-0.39, 0.29) is 6.54 Å². The smallest absolute Gasteiger partial charge is 0.257 e. The van der Waals surface area contributed by atoms with Gasteiger partial charge in [-0.1, -0.05) is 25.5 Å². The number of likely N-dealkylation sites (N-methyl/N-ethyl adjacent to an activating group) is 1. The molecule has 0 radical (unpaired) electrons. The first-order valence-electron chi connectivity index (χ1n) is 10.9. The van der Waals surface area contributed by atoms with Crippen LogP contribution in [-0.4, -0.2) is 76.8 Å². The normalized spacial score (nSPS) is 13.2. The molecule has 0 saturated heterocycles. The molecular formula is C23H35N7O2. The van der Waals surface area contributed by atoms with Crippen molar-refractivity contribution >= 4 is 17.9 Å². The summed E-state index contributed by atoms with van der Waals surface area (Å²) in [5.74, 6) is 1.67. The van der Waals surface area contributed by atoms with E-state index in [0.29, 0.717) is 24.2 Å². The zero-order valence-electron chi connectivity index (χ0n) is 20.0. The summed E-state index contributed by atoms with van der Waals surface area (Å²) in [4.78, 5) is 22.2. The van der Waals surface area contributed by atoms with E-state index < -0.39 is 0 Å². The van der Waals surface area contributed by atoms with Crippen LogP contribution < -0.4 is 10.2 Å². The molecule has 9 heteroatoms. The minimum atomic E-state index is 0.242. The number of hydrogen-bond donors (Lipinski definition) is 1. The maximum Gasteiger partial charge on any atom is 0.257 e. The highest BCUT2D eigenvalue weighted by Crippen LogP contribution is 2.28. The van der Waals surface area contributed by atoms with Crippen LogP contribution >= 0.6 is 0 Å². The lowest BCUT2D eigenvalue weighted by atomic mass is 10.0. The molecule has 0 aromatic carbocycles. The predicted molar refractivity (Wildman–Crippen MR) is 128 cm³/mol. The quantitative estimate of drug-likeness (QED) is 0.444. The van der Waals surface area contributed by atoms with Gasteiger partial charge in [-0.2, -0.15) is 4.98 Å². The Morgan fingerprint density at radius 1 is 1.19 bits per heavy atom. The first-order chi connectivity index (χ1) is 15.5. The Labute approximate surface area is 190 Å². The molecule has 2 aromatic rings. The number of anilines is 1. The number of nitrogens with zero attached hydrogens (tertiary/aromatic N) is 6. The standard InChI is InChI=1S/C21H29N7O2.C2H6/c1-16-5-8-18(9-6-16)28-20(17-7-10-19(30-4)22-15-17)23-21(25-28)24-27(13-14-29)12-11-26(2)3;1-2/h5,7-8,10,14-15H,6,9,11-13H2,1-4H3,(H,24,25);1-2H3. The van der Waals surface area contributed by atoms with Crippen molar-refractivity contribution in [2.24, 2.45) is 0 Å². The summed E-state index contributed by atoms with van der Waals surface area (Å²) < 4.78 is 7.01. The molecule has 0 unspecified atom stereocenters. The van der Waals surface area contributed by atoms with Crippen molar-refractivity contribution in [1.29, 1.82) is 0 Å². The average Bonchev–Trinajstić information content (AvgIpc) is 3.23. The number of aldehydes is 1. The van der Waals surface area contributed by atoms with E-state index in [0.717, 1.165) is 36.9 Å². The maximum absolute atomic E-state index is 11.1. The van der Waals surface area contributed by atoms with Crippen molar-refractivity contribution in [3.63, 3.8) is 0 Å². The number of carbonyl (C=O) groups is 1. The molecule has 2 aromatic heterocycles. The zero-order valence-corrected chi connectivity index (χ0v) is 20.0. The lowest BCUT2D eigenvalue weighted by molar-refractivity contribution is -0.108. The summed E-state index contributed by atoms with van der Waals surface area (Å²) in [6, 6.07) is 3.71. The average molecular weight is 442 g/mol. The molecule has 2 heterocycles. The molecule has 1 aliphatic rings. The Hall–Kier alpha value is -3.04. The molecule has 9 nitrogen and oxygen atoms in total. The summed E-state index contributed by atoms with van der Waals surface area (Å²) in [5.41, 5.74) is 6.41. The number of allylic oxidation sites excluding steroid dienone is 4. The van der Waals surface area contributed by atoms with Gasteiger partial charge in [0, 0.05) is 36.6 Å². The molecule has 0 amide bonds. The van der Waals surface area contributed by atoms with Crippen LogP contribution in [0.1, 0.15) is 33.6 Å². The largest absolute Gasteiger partial charge is 0.481 e. The molecule has 1 N–H and O–H groups in total. The SMILES string of the molecule is CC.COc1ccc(-c2nc(NN(CC=O)CCN(C)C)nn2C2=CC=C(C)CC2)cn1. The molecule has 0 saturated carbocycles. The van der Waals surface area contributed by atoms with Gasteiger partial charge in [0.15, 0.2) is 5.82 Å². The molecule has 32 heavy (non-hydrogen) atoms. The van der Waals surface area contributed by atoms with E-state index >= 15 is 0 Å². The van der Waals surface area contributed by atoms with Crippen LogP contribution in [0.3, 0.4) is 0 Å². The van der Waals surface area contributed by atoms with E-state index in [2.05, 4.69) is 34.4 Å². The van der Waals surface area contributed by atoms with E-state index in [9.17, 15) is 4.79 Å². The van der Waals surface area contributed by atoms with Gasteiger partial charge >= 0.3 is 0 Å². The van der Waals surface area contributed by atoms with Gasteiger partial charge in [-0.25, -0.2) is 14.7 Å². The van der Waals surface area contributed by atoms with Crippen molar-refractivity contribution in [3.8, 4) is 17.3 Å². The molecular weight excluding hydrogens is 406 g/mol. The summed E-state index contributed by atoms with van der Waals surface area (Å²) in [7, 11) is 5.57. The number of hydrazine groups is 1. The van der Waals surface area contributed by atoms with Crippen molar-refractivity contribution in [1.82, 2.24) is 29.7 Å². The number of nitrogens with one attached hydrogen (secondary N) is 1. The van der Waals surface area contributed by atoms with Crippen LogP contribution in [0.5, 0.6) is 5.88 Å². The fourth-order valence-corrected chi connectivity index (χ4v) is 3.03. The second kappa shape index (κ2) is 12.7. The fraction of sp³-hybridized carbons (Fsp3) is 0.478. The minimum absolute atomic E-state index is 0.242. The summed E-state index contributed by atoms with van der Waals surface area (Å²) in [5, 5.41) is 6.50. The monoisotopic (exact) mass is 441 g/mol. The van der Waals surface area contributed by atoms with Crippen molar-refractivity contribution < 1.29 is 9.53 Å². The van der Waals surface area contributed by atoms with Gasteiger partial charge in [-0.3, -0.25) is 5.43 Å². The highest BCUT2D eigenvalue weighted by atomic mass is 16.5. The van der Waals surface area contributed by atoms with E-state index in [1.807, 2.05) is 43.7 Å². The third kappa shape index (κ3) is 7.00. The van der Waals surface area contributed by atoms with Crippen molar-refractivity contribution in [3.05, 3.63) is 36.1 Å². The zero-order chi connectivity index (χ0) is 23.5. The Bertz CT molecular complexity index is 917. The Morgan fingerprint density at radius 2 is 1.97 bits per heavy atom. The highest BCUT2D eigenvalue weighted by Gasteiger charge is 2.18. The molecule has 174 valence electrons. The Kier molecular flexibility index (Phi) is 10.0. The summed E-state index contributed by atoms with van der Waals surface area (Å²) >= 11 is 0. The van der Waals surface area contributed by atoms with E-state index in [1.165, 1.54) is 5.57 Å². The molecule has 3 rings (SSSR count). The first kappa shape index (κ1) is 25.2. The topological polar surface area (TPSA) is 88.4 Å². The van der Waals surface area contributed by atoms with Crippen molar-refractivity contribution in [2.45, 2.75) is 33.6 Å². The molecule has 0 bridgehead atoms. The van der Waals surface area contributed by atoms with Crippen LogP contribution in [0.2, 0.25) is 0 Å². The maximum atomic E-state index is 11.1. The lowest BCUT2D eigenvalue weighted by Crippen LogP contribution is -2.37. The second-order valence-electron chi connectivity index (χ2n) is 7.46. The molecule has 0 atom stereocenters. The van der Waals surface area contributed by atoms with E-state index in [1.54, 1.807) is 19.4 Å². The number of aromatic nitrogens is 4. The first-order valence-corrected chi connectivity index (χ1v) is 10.9. The van der Waals surface area contributed by atoms with Crippen LogP contribution in [0.25, 0.3) is 17.1 Å². The van der Waals surface area contributed by atoms with Gasteiger partial charge in [-0.15, -0.1) is 5.10 Å². The number of carbonyl (C=O) groups excluding carboxylic acids is 1. The number of pyridine rings is 1. The van der Waals surface area contributed by atoms with Gasteiger partial charge in [0.2, 0.25) is 5.88 Å². The second-order valence-corrected chi connectivity index (χ2v) is 7.46. The van der Waals surface area contributed by atoms with E-state index in [4.69, 9.17) is 14.8 Å². The molecule has 0 spiro atoms. The molecule has 0 fully saturated rings. The fourth-order valence-electron chi connectivity index (χ4n) is 3.03. The van der Waals surface area contributed by atoms with Gasteiger partial charge in [0.1, 0.15) is 6.29 Å². The third-order valence-electron chi connectivity index (χ3n) is 4.79. The van der Waals surface area contributed by atoms with Gasteiger partial charge in [-0.05, 0) is 46.0 Å².